The van der Waals surface area contributed by atoms with E-state index in [0.717, 1.165) is 50.8 Å². The van der Waals surface area contributed by atoms with E-state index in [9.17, 15) is 0 Å². The zero-order chi connectivity index (χ0) is 16.1. The third kappa shape index (κ3) is 4.83. The molecule has 2 N–H and O–H groups in total. The molecule has 1 aliphatic carbocycles. The Balaban J connectivity index is 0.00000208. The summed E-state index contributed by atoms with van der Waals surface area (Å²) in [4.78, 5) is 11.7. The number of piperidine rings is 1. The van der Waals surface area contributed by atoms with Crippen molar-refractivity contribution < 1.29 is 0 Å². The van der Waals surface area contributed by atoms with Crippen molar-refractivity contribution in [2.75, 3.05) is 26.2 Å². The fourth-order valence-corrected chi connectivity index (χ4v) is 3.85. The lowest BCUT2D eigenvalue weighted by Crippen LogP contribution is -2.45. The van der Waals surface area contributed by atoms with Crippen LogP contribution in [-0.2, 0) is 0 Å². The van der Waals surface area contributed by atoms with Crippen LogP contribution in [0.15, 0.2) is 11.3 Å². The largest absolute Gasteiger partial charge is 0.357 e. The molecule has 2 aliphatic rings. The van der Waals surface area contributed by atoms with E-state index < -0.39 is 0 Å². The molecule has 24 heavy (non-hydrogen) atoms. The van der Waals surface area contributed by atoms with Crippen LogP contribution in [0, 0.1) is 5.41 Å². The quantitative estimate of drug-likeness (QED) is 0.424. The molecular formula is C17H31IN6. The number of halogens is 1. The third-order valence-corrected chi connectivity index (χ3v) is 5.37. The highest BCUT2D eigenvalue weighted by Crippen LogP contribution is 2.37. The average Bonchev–Trinajstić information content (AvgIpc) is 3.24. The van der Waals surface area contributed by atoms with Crippen molar-refractivity contribution in [3.8, 4) is 0 Å². The summed E-state index contributed by atoms with van der Waals surface area (Å²) < 4.78 is 0. The third-order valence-electron chi connectivity index (χ3n) is 5.37. The van der Waals surface area contributed by atoms with E-state index in [0.29, 0.717) is 11.3 Å². The van der Waals surface area contributed by atoms with Gasteiger partial charge in [-0.2, -0.15) is 5.10 Å². The maximum atomic E-state index is 4.97. The minimum absolute atomic E-state index is 0. The maximum Gasteiger partial charge on any atom is 0.193 e. The first kappa shape index (κ1) is 19.5. The predicted molar refractivity (Wildman–Crippen MR) is 108 cm³/mol. The van der Waals surface area contributed by atoms with Crippen molar-refractivity contribution >= 4 is 29.9 Å². The lowest BCUT2D eigenvalue weighted by Gasteiger charge is -2.34. The highest BCUT2D eigenvalue weighted by atomic mass is 127. The molecule has 0 spiro atoms. The van der Waals surface area contributed by atoms with Gasteiger partial charge in [-0.3, -0.25) is 10.1 Å². The van der Waals surface area contributed by atoms with E-state index >= 15 is 0 Å². The van der Waals surface area contributed by atoms with Gasteiger partial charge in [-0.25, -0.2) is 4.98 Å². The van der Waals surface area contributed by atoms with Gasteiger partial charge in [-0.1, -0.05) is 19.8 Å². The van der Waals surface area contributed by atoms with Gasteiger partial charge >= 0.3 is 0 Å². The van der Waals surface area contributed by atoms with Crippen LogP contribution in [0.25, 0.3) is 0 Å². The van der Waals surface area contributed by atoms with Crippen molar-refractivity contribution in [2.24, 2.45) is 10.4 Å². The van der Waals surface area contributed by atoms with Crippen LogP contribution in [0.3, 0.4) is 0 Å². The van der Waals surface area contributed by atoms with Gasteiger partial charge in [0.25, 0.3) is 0 Å². The lowest BCUT2D eigenvalue weighted by molar-refractivity contribution is 0.294. The molecule has 3 rings (SSSR count). The summed E-state index contributed by atoms with van der Waals surface area (Å²) >= 11 is 0. The van der Waals surface area contributed by atoms with E-state index in [1.807, 2.05) is 0 Å². The number of hydrogen-bond donors (Lipinski definition) is 2. The van der Waals surface area contributed by atoms with Crippen LogP contribution < -0.4 is 5.32 Å². The number of H-pyrrole nitrogens is 1. The highest BCUT2D eigenvalue weighted by molar-refractivity contribution is 14.0. The van der Waals surface area contributed by atoms with Gasteiger partial charge < -0.3 is 10.2 Å². The van der Waals surface area contributed by atoms with Crippen LogP contribution in [0.4, 0.5) is 0 Å². The van der Waals surface area contributed by atoms with Crippen molar-refractivity contribution in [3.63, 3.8) is 0 Å². The fourth-order valence-electron chi connectivity index (χ4n) is 3.85. The van der Waals surface area contributed by atoms with Gasteiger partial charge in [0.2, 0.25) is 0 Å². The normalized spacial score (nSPS) is 21.6. The van der Waals surface area contributed by atoms with E-state index in [-0.39, 0.29) is 24.0 Å². The second-order valence-electron chi connectivity index (χ2n) is 7.32. The molecule has 1 aromatic rings. The number of nitrogens with zero attached hydrogens (tertiary/aromatic N) is 4. The van der Waals surface area contributed by atoms with Gasteiger partial charge in [0.05, 0.1) is 0 Å². The Morgan fingerprint density at radius 2 is 2.08 bits per heavy atom. The van der Waals surface area contributed by atoms with Crippen molar-refractivity contribution in [1.29, 1.82) is 0 Å². The SMILES string of the molecule is CCNC(=NCC1(C)CCCC1)N1CCC(c2ncn[nH]2)CC1.I. The topological polar surface area (TPSA) is 69.2 Å². The second-order valence-corrected chi connectivity index (χ2v) is 7.32. The Kier molecular flexibility index (Phi) is 7.31. The molecule has 0 bridgehead atoms. The van der Waals surface area contributed by atoms with Crippen LogP contribution in [0.5, 0.6) is 0 Å². The summed E-state index contributed by atoms with van der Waals surface area (Å²) in [6, 6.07) is 0. The molecule has 1 saturated carbocycles. The molecule has 1 saturated heterocycles. The van der Waals surface area contributed by atoms with Crippen LogP contribution in [0.2, 0.25) is 0 Å². The van der Waals surface area contributed by atoms with Gasteiger partial charge in [0, 0.05) is 32.1 Å². The summed E-state index contributed by atoms with van der Waals surface area (Å²) in [5, 5.41) is 10.5. The van der Waals surface area contributed by atoms with Gasteiger partial charge in [-0.05, 0) is 38.0 Å². The van der Waals surface area contributed by atoms with Gasteiger partial charge in [0.15, 0.2) is 5.96 Å². The molecule has 0 aromatic carbocycles. The number of likely N-dealkylation sites (tertiary alicyclic amines) is 1. The molecule has 0 amide bonds. The maximum absolute atomic E-state index is 4.97. The van der Waals surface area contributed by atoms with Crippen molar-refractivity contribution in [2.45, 2.75) is 58.3 Å². The first-order valence-corrected chi connectivity index (χ1v) is 9.09. The van der Waals surface area contributed by atoms with Crippen LogP contribution >= 0.6 is 24.0 Å². The van der Waals surface area contributed by atoms with Crippen LogP contribution in [-0.4, -0.2) is 52.2 Å². The zero-order valence-corrected chi connectivity index (χ0v) is 17.3. The molecule has 1 aliphatic heterocycles. The zero-order valence-electron chi connectivity index (χ0n) is 14.9. The Morgan fingerprint density at radius 1 is 1.38 bits per heavy atom. The molecule has 7 heteroatoms. The molecule has 2 fully saturated rings. The Hall–Kier alpha value is -0.860. The molecule has 0 radical (unpaired) electrons. The number of guanidine groups is 1. The van der Waals surface area contributed by atoms with Crippen LogP contribution in [0.1, 0.15) is 64.1 Å². The molecular weight excluding hydrogens is 415 g/mol. The summed E-state index contributed by atoms with van der Waals surface area (Å²) in [6.07, 6.45) is 9.20. The Labute approximate surface area is 162 Å². The molecule has 0 atom stereocenters. The molecule has 0 unspecified atom stereocenters. The summed E-state index contributed by atoms with van der Waals surface area (Å²) in [7, 11) is 0. The number of hydrogen-bond acceptors (Lipinski definition) is 3. The van der Waals surface area contributed by atoms with Crippen molar-refractivity contribution in [3.05, 3.63) is 12.2 Å². The van der Waals surface area contributed by atoms with Gasteiger partial charge in [0.1, 0.15) is 12.2 Å². The molecule has 6 nitrogen and oxygen atoms in total. The van der Waals surface area contributed by atoms with Crippen molar-refractivity contribution in [1.82, 2.24) is 25.4 Å². The lowest BCUT2D eigenvalue weighted by atomic mass is 9.89. The monoisotopic (exact) mass is 446 g/mol. The van der Waals surface area contributed by atoms with E-state index in [4.69, 9.17) is 4.99 Å². The Morgan fingerprint density at radius 3 is 2.67 bits per heavy atom. The summed E-state index contributed by atoms with van der Waals surface area (Å²) in [6.45, 7) is 8.49. The number of nitrogens with one attached hydrogen (secondary N) is 2. The number of aromatic amines is 1. The minimum atomic E-state index is 0. The molecule has 2 heterocycles. The Bertz CT molecular complexity index is 501. The molecule has 136 valence electrons. The van der Waals surface area contributed by atoms with E-state index in [2.05, 4.69) is 39.2 Å². The fraction of sp³-hybridized carbons (Fsp3) is 0.824. The number of aromatic nitrogens is 3. The molecule has 1 aromatic heterocycles. The first-order valence-electron chi connectivity index (χ1n) is 9.09. The smallest absolute Gasteiger partial charge is 0.193 e. The number of rotatable bonds is 4. The summed E-state index contributed by atoms with van der Waals surface area (Å²) in [5.41, 5.74) is 0.416. The first-order chi connectivity index (χ1) is 11.2. The standard InChI is InChI=1S/C17H30N6.HI/c1-3-18-16(19-12-17(2)8-4-5-9-17)23-10-6-14(7-11-23)15-20-13-21-22-15;/h13-14H,3-12H2,1-2H3,(H,18,19)(H,20,21,22);1H. The average molecular weight is 446 g/mol. The summed E-state index contributed by atoms with van der Waals surface area (Å²) in [5.74, 6) is 2.63. The minimum Gasteiger partial charge on any atom is -0.357 e. The second kappa shape index (κ2) is 9.01. The highest BCUT2D eigenvalue weighted by Gasteiger charge is 2.29. The van der Waals surface area contributed by atoms with Gasteiger partial charge in [-0.15, -0.1) is 24.0 Å². The predicted octanol–water partition coefficient (Wildman–Crippen LogP) is 3.15. The number of aliphatic imine (C=N–C) groups is 1. The van der Waals surface area contributed by atoms with E-state index in [1.54, 1.807) is 6.33 Å². The van der Waals surface area contributed by atoms with E-state index in [1.165, 1.54) is 25.7 Å².